The summed E-state index contributed by atoms with van der Waals surface area (Å²) in [6, 6.07) is 13.7. The molecule has 2 aromatic carbocycles. The largest absolute Gasteiger partial charge is 0.350 e. The van der Waals surface area contributed by atoms with Crippen LogP contribution in [0.15, 0.2) is 60.8 Å². The molecule has 7 heteroatoms. The van der Waals surface area contributed by atoms with E-state index in [1.165, 1.54) is 30.5 Å². The van der Waals surface area contributed by atoms with Gasteiger partial charge in [0.05, 0.1) is 0 Å². The van der Waals surface area contributed by atoms with Crippen LogP contribution in [-0.2, 0) is 13.1 Å². The third-order valence-corrected chi connectivity index (χ3v) is 3.65. The zero-order valence-corrected chi connectivity index (χ0v) is 13.7. The Balaban J connectivity index is 1.60. The minimum atomic E-state index is -0.430. The van der Waals surface area contributed by atoms with Crippen LogP contribution >= 0.6 is 0 Å². The van der Waals surface area contributed by atoms with Crippen molar-refractivity contribution < 1.29 is 13.6 Å². The monoisotopic (exact) mass is 354 g/mol. The lowest BCUT2D eigenvalue weighted by Crippen LogP contribution is -2.24. The summed E-state index contributed by atoms with van der Waals surface area (Å²) in [6.07, 6.45) is 1.46. The van der Waals surface area contributed by atoms with E-state index in [1.54, 1.807) is 30.3 Å². The molecule has 0 aliphatic carbocycles. The summed E-state index contributed by atoms with van der Waals surface area (Å²) < 4.78 is 26.5. The van der Waals surface area contributed by atoms with Gasteiger partial charge in [0.25, 0.3) is 5.91 Å². The Morgan fingerprint density at radius 2 is 1.73 bits per heavy atom. The predicted molar refractivity (Wildman–Crippen MR) is 93.3 cm³/mol. The molecule has 0 aliphatic rings. The molecule has 1 amide bonds. The highest BCUT2D eigenvalue weighted by Gasteiger charge is 2.10. The molecule has 1 heterocycles. The first kappa shape index (κ1) is 17.5. The topological polar surface area (TPSA) is 66.9 Å². The van der Waals surface area contributed by atoms with Gasteiger partial charge in [-0.15, -0.1) is 0 Å². The number of aromatic nitrogens is 2. The first-order valence-electron chi connectivity index (χ1n) is 7.95. The van der Waals surface area contributed by atoms with Crippen LogP contribution in [-0.4, -0.2) is 15.9 Å². The van der Waals surface area contributed by atoms with E-state index in [1.807, 2.05) is 0 Å². The van der Waals surface area contributed by atoms with Gasteiger partial charge in [0.2, 0.25) is 5.95 Å². The Bertz CT molecular complexity index is 900. The van der Waals surface area contributed by atoms with Crippen molar-refractivity contribution in [3.63, 3.8) is 0 Å². The summed E-state index contributed by atoms with van der Waals surface area (Å²) in [6.45, 7) is 0.453. The third kappa shape index (κ3) is 4.60. The number of carbonyl (C=O) groups is 1. The normalized spacial score (nSPS) is 10.4. The Kier molecular flexibility index (Phi) is 5.48. The van der Waals surface area contributed by atoms with Crippen LogP contribution < -0.4 is 10.6 Å². The zero-order chi connectivity index (χ0) is 18.4. The van der Waals surface area contributed by atoms with Crippen LogP contribution in [0.3, 0.4) is 0 Å². The van der Waals surface area contributed by atoms with Crippen LogP contribution in [0.25, 0.3) is 0 Å². The first-order valence-corrected chi connectivity index (χ1v) is 7.95. The number of nitrogens with zero attached hydrogens (tertiary/aromatic N) is 2. The first-order chi connectivity index (χ1) is 12.6. The van der Waals surface area contributed by atoms with E-state index < -0.39 is 5.91 Å². The van der Waals surface area contributed by atoms with E-state index in [2.05, 4.69) is 20.6 Å². The van der Waals surface area contributed by atoms with Crippen LogP contribution in [0, 0.1) is 11.6 Å². The van der Waals surface area contributed by atoms with Crippen molar-refractivity contribution >= 4 is 11.9 Å². The molecule has 5 nitrogen and oxygen atoms in total. The van der Waals surface area contributed by atoms with Gasteiger partial charge in [-0.2, -0.15) is 0 Å². The number of carbonyl (C=O) groups excluding carboxylic acids is 1. The molecule has 0 bridgehead atoms. The summed E-state index contributed by atoms with van der Waals surface area (Å²) >= 11 is 0. The number of rotatable bonds is 6. The fraction of sp³-hybridized carbons (Fsp3) is 0.105. The summed E-state index contributed by atoms with van der Waals surface area (Å²) in [7, 11) is 0. The number of benzene rings is 2. The highest BCUT2D eigenvalue weighted by Crippen LogP contribution is 2.08. The summed E-state index contributed by atoms with van der Waals surface area (Å²) in [5, 5.41) is 5.60. The molecule has 0 atom stereocenters. The van der Waals surface area contributed by atoms with Crippen molar-refractivity contribution in [1.29, 1.82) is 0 Å². The predicted octanol–water partition coefficient (Wildman–Crippen LogP) is 3.30. The number of anilines is 1. The van der Waals surface area contributed by atoms with Gasteiger partial charge in [0.1, 0.15) is 17.3 Å². The summed E-state index contributed by atoms with van der Waals surface area (Å²) in [5.74, 6) is -0.844. The second-order valence-corrected chi connectivity index (χ2v) is 5.52. The van der Waals surface area contributed by atoms with E-state index in [0.717, 1.165) is 5.56 Å². The molecule has 0 fully saturated rings. The molecule has 2 N–H and O–H groups in total. The molecule has 0 saturated heterocycles. The Morgan fingerprint density at radius 3 is 2.50 bits per heavy atom. The molecule has 0 saturated carbocycles. The molecule has 0 aliphatic heterocycles. The second-order valence-electron chi connectivity index (χ2n) is 5.52. The van der Waals surface area contributed by atoms with E-state index in [-0.39, 0.29) is 29.8 Å². The number of nitrogens with one attached hydrogen (secondary N) is 2. The lowest BCUT2D eigenvalue weighted by Gasteiger charge is -2.08. The average Bonchev–Trinajstić information content (AvgIpc) is 2.67. The number of amides is 1. The van der Waals surface area contributed by atoms with Gasteiger partial charge in [-0.05, 0) is 29.8 Å². The molecule has 0 radical (unpaired) electrons. The SMILES string of the molecule is O=C(NCc1ccccc1F)c1ccnc(NCc2ccc(F)cc2)n1. The Hall–Kier alpha value is -3.35. The molecule has 26 heavy (non-hydrogen) atoms. The molecule has 132 valence electrons. The van der Waals surface area contributed by atoms with E-state index >= 15 is 0 Å². The van der Waals surface area contributed by atoms with Crippen LogP contribution in [0.1, 0.15) is 21.6 Å². The molecule has 1 aromatic heterocycles. The van der Waals surface area contributed by atoms with Crippen molar-refractivity contribution in [3.8, 4) is 0 Å². The molecule has 3 aromatic rings. The lowest BCUT2D eigenvalue weighted by molar-refractivity contribution is 0.0945. The Morgan fingerprint density at radius 1 is 0.962 bits per heavy atom. The average molecular weight is 354 g/mol. The van der Waals surface area contributed by atoms with Gasteiger partial charge < -0.3 is 10.6 Å². The van der Waals surface area contributed by atoms with Crippen molar-refractivity contribution in [2.75, 3.05) is 5.32 Å². The van der Waals surface area contributed by atoms with Gasteiger partial charge in [-0.1, -0.05) is 30.3 Å². The summed E-state index contributed by atoms with van der Waals surface area (Å²) in [5.41, 5.74) is 1.41. The minimum absolute atomic E-state index is 0.0633. The molecule has 3 rings (SSSR count). The van der Waals surface area contributed by atoms with Gasteiger partial charge in [0, 0.05) is 24.8 Å². The Labute approximate surface area is 149 Å². The summed E-state index contributed by atoms with van der Waals surface area (Å²) in [4.78, 5) is 20.4. The van der Waals surface area contributed by atoms with Crippen molar-refractivity contribution in [3.05, 3.63) is 89.2 Å². The standard InChI is InChI=1S/C19H16F2N4O/c20-15-7-5-13(6-8-15)11-24-19-22-10-9-17(25-19)18(26)23-12-14-3-1-2-4-16(14)21/h1-10H,11-12H2,(H,23,26)(H,22,24,25). The fourth-order valence-electron chi connectivity index (χ4n) is 2.26. The van der Waals surface area contributed by atoms with Crippen LogP contribution in [0.4, 0.5) is 14.7 Å². The van der Waals surface area contributed by atoms with E-state index in [0.29, 0.717) is 12.1 Å². The second kappa shape index (κ2) is 8.15. The zero-order valence-electron chi connectivity index (χ0n) is 13.7. The molecular formula is C19H16F2N4O. The van der Waals surface area contributed by atoms with Crippen LogP contribution in [0.2, 0.25) is 0 Å². The lowest BCUT2D eigenvalue weighted by atomic mass is 10.2. The molecule has 0 unspecified atom stereocenters. The van der Waals surface area contributed by atoms with Gasteiger partial charge >= 0.3 is 0 Å². The quantitative estimate of drug-likeness (QED) is 0.713. The smallest absolute Gasteiger partial charge is 0.270 e. The highest BCUT2D eigenvalue weighted by molar-refractivity contribution is 5.92. The minimum Gasteiger partial charge on any atom is -0.350 e. The van der Waals surface area contributed by atoms with Gasteiger partial charge in [0.15, 0.2) is 0 Å². The van der Waals surface area contributed by atoms with E-state index in [4.69, 9.17) is 0 Å². The maximum Gasteiger partial charge on any atom is 0.270 e. The van der Waals surface area contributed by atoms with Crippen molar-refractivity contribution in [1.82, 2.24) is 15.3 Å². The van der Waals surface area contributed by atoms with Gasteiger partial charge in [-0.3, -0.25) is 4.79 Å². The number of hydrogen-bond donors (Lipinski definition) is 2. The number of halogens is 2. The maximum atomic E-state index is 13.6. The third-order valence-electron chi connectivity index (χ3n) is 3.65. The van der Waals surface area contributed by atoms with Gasteiger partial charge in [-0.25, -0.2) is 18.7 Å². The molecular weight excluding hydrogens is 338 g/mol. The van der Waals surface area contributed by atoms with E-state index in [9.17, 15) is 13.6 Å². The molecule has 0 spiro atoms. The van der Waals surface area contributed by atoms with Crippen molar-refractivity contribution in [2.24, 2.45) is 0 Å². The van der Waals surface area contributed by atoms with Crippen LogP contribution in [0.5, 0.6) is 0 Å². The van der Waals surface area contributed by atoms with Crippen molar-refractivity contribution in [2.45, 2.75) is 13.1 Å². The maximum absolute atomic E-state index is 13.6. The fourth-order valence-corrected chi connectivity index (χ4v) is 2.26. The number of hydrogen-bond acceptors (Lipinski definition) is 4. The highest BCUT2D eigenvalue weighted by atomic mass is 19.1.